The van der Waals surface area contributed by atoms with E-state index in [-0.39, 0.29) is 5.91 Å². The molecule has 1 aliphatic carbocycles. The first-order valence-electron chi connectivity index (χ1n) is 6.85. The maximum Gasteiger partial charge on any atom is 0.254 e. The first-order valence-corrected chi connectivity index (χ1v) is 6.85. The predicted molar refractivity (Wildman–Crippen MR) is 77.4 cm³/mol. The van der Waals surface area contributed by atoms with Crippen molar-refractivity contribution < 1.29 is 4.79 Å². The summed E-state index contributed by atoms with van der Waals surface area (Å²) in [6, 6.07) is 8.39. The minimum absolute atomic E-state index is 0.0690. The molecule has 1 saturated carbocycles. The Hall–Kier alpha value is -2.23. The molecule has 0 spiro atoms. The van der Waals surface area contributed by atoms with Gasteiger partial charge in [0.2, 0.25) is 0 Å². The van der Waals surface area contributed by atoms with Crippen LogP contribution in [0.3, 0.4) is 0 Å². The normalized spacial score (nSPS) is 14.1. The molecule has 3 rings (SSSR count). The fourth-order valence-electron chi connectivity index (χ4n) is 2.02. The molecule has 4 nitrogen and oxygen atoms in total. The third-order valence-electron chi connectivity index (χ3n) is 3.45. The van der Waals surface area contributed by atoms with Gasteiger partial charge in [0, 0.05) is 17.8 Å². The molecule has 0 bridgehead atoms. The van der Waals surface area contributed by atoms with Crippen molar-refractivity contribution in [2.75, 3.05) is 0 Å². The number of carbonyl (C=O) groups excluding carboxylic acids is 1. The van der Waals surface area contributed by atoms with Crippen LogP contribution in [0.15, 0.2) is 30.5 Å². The highest BCUT2D eigenvalue weighted by Gasteiger charge is 2.24. The molecule has 1 aliphatic rings. The van der Waals surface area contributed by atoms with Gasteiger partial charge >= 0.3 is 0 Å². The van der Waals surface area contributed by atoms with E-state index in [2.05, 4.69) is 15.3 Å². The summed E-state index contributed by atoms with van der Waals surface area (Å²) < 4.78 is 0. The van der Waals surface area contributed by atoms with Crippen molar-refractivity contribution in [3.63, 3.8) is 0 Å². The van der Waals surface area contributed by atoms with E-state index >= 15 is 0 Å². The minimum atomic E-state index is -0.0690. The van der Waals surface area contributed by atoms with Crippen LogP contribution in [-0.2, 0) is 0 Å². The summed E-state index contributed by atoms with van der Waals surface area (Å²) in [7, 11) is 0. The average Bonchev–Trinajstić information content (AvgIpc) is 3.23. The third kappa shape index (κ3) is 2.69. The number of carbonyl (C=O) groups is 1. The summed E-state index contributed by atoms with van der Waals surface area (Å²) >= 11 is 0. The number of aromatic nitrogens is 2. The van der Waals surface area contributed by atoms with Gasteiger partial charge in [-0.05, 0) is 26.7 Å². The second-order valence-electron chi connectivity index (χ2n) is 5.31. The number of hydrogen-bond acceptors (Lipinski definition) is 3. The van der Waals surface area contributed by atoms with Gasteiger partial charge in [-0.3, -0.25) is 4.79 Å². The Morgan fingerprint density at radius 3 is 2.50 bits per heavy atom. The SMILES string of the molecule is Cc1ccc(-c2ncc(C(=O)NC3CC3)c(C)n2)cc1. The van der Waals surface area contributed by atoms with E-state index in [9.17, 15) is 4.79 Å². The van der Waals surface area contributed by atoms with Gasteiger partial charge in [0.25, 0.3) is 5.91 Å². The molecule has 0 aliphatic heterocycles. The number of amides is 1. The largest absolute Gasteiger partial charge is 0.349 e. The van der Waals surface area contributed by atoms with Gasteiger partial charge in [-0.15, -0.1) is 0 Å². The number of nitrogens with one attached hydrogen (secondary N) is 1. The van der Waals surface area contributed by atoms with Crippen molar-refractivity contribution in [3.05, 3.63) is 47.3 Å². The summed E-state index contributed by atoms with van der Waals surface area (Å²) in [6.07, 6.45) is 3.77. The molecule has 4 heteroatoms. The maximum absolute atomic E-state index is 12.0. The lowest BCUT2D eigenvalue weighted by Gasteiger charge is -2.07. The van der Waals surface area contributed by atoms with E-state index in [4.69, 9.17) is 0 Å². The Labute approximate surface area is 118 Å². The minimum Gasteiger partial charge on any atom is -0.349 e. The lowest BCUT2D eigenvalue weighted by molar-refractivity contribution is 0.0949. The second kappa shape index (κ2) is 5.04. The van der Waals surface area contributed by atoms with E-state index < -0.39 is 0 Å². The standard InChI is InChI=1S/C16H17N3O/c1-10-3-5-12(6-4-10)15-17-9-14(11(2)18-15)16(20)19-13-7-8-13/h3-6,9,13H,7-8H2,1-2H3,(H,19,20). The van der Waals surface area contributed by atoms with Gasteiger partial charge in [-0.25, -0.2) is 9.97 Å². The summed E-state index contributed by atoms with van der Waals surface area (Å²) in [6.45, 7) is 3.89. The fourth-order valence-corrected chi connectivity index (χ4v) is 2.02. The Balaban J connectivity index is 1.86. The highest BCUT2D eigenvalue weighted by atomic mass is 16.1. The highest BCUT2D eigenvalue weighted by Crippen LogP contribution is 2.20. The van der Waals surface area contributed by atoms with Crippen molar-refractivity contribution in [2.45, 2.75) is 32.7 Å². The molecule has 20 heavy (non-hydrogen) atoms. The van der Waals surface area contributed by atoms with Gasteiger partial charge in [0.1, 0.15) is 0 Å². The molecule has 1 heterocycles. The predicted octanol–water partition coefficient (Wildman–Crippen LogP) is 2.65. The highest BCUT2D eigenvalue weighted by molar-refractivity contribution is 5.95. The molecule has 1 N–H and O–H groups in total. The molecule has 1 amide bonds. The van der Waals surface area contributed by atoms with E-state index in [1.807, 2.05) is 38.1 Å². The molecule has 1 aromatic carbocycles. The fraction of sp³-hybridized carbons (Fsp3) is 0.312. The number of aryl methyl sites for hydroxylation is 2. The molecule has 1 aromatic heterocycles. The first kappa shape index (κ1) is 12.8. The smallest absolute Gasteiger partial charge is 0.254 e. The van der Waals surface area contributed by atoms with Crippen LogP contribution < -0.4 is 5.32 Å². The average molecular weight is 267 g/mol. The molecular formula is C16H17N3O. The third-order valence-corrected chi connectivity index (χ3v) is 3.45. The zero-order valence-corrected chi connectivity index (χ0v) is 11.7. The zero-order chi connectivity index (χ0) is 14.1. The Kier molecular flexibility index (Phi) is 3.22. The number of nitrogens with zero attached hydrogens (tertiary/aromatic N) is 2. The molecule has 0 radical (unpaired) electrons. The molecule has 102 valence electrons. The van der Waals surface area contributed by atoms with Crippen LogP contribution in [-0.4, -0.2) is 21.9 Å². The lowest BCUT2D eigenvalue weighted by atomic mass is 10.1. The maximum atomic E-state index is 12.0. The molecule has 0 atom stereocenters. The van der Waals surface area contributed by atoms with Gasteiger partial charge < -0.3 is 5.32 Å². The number of benzene rings is 1. The van der Waals surface area contributed by atoms with Gasteiger partial charge in [-0.2, -0.15) is 0 Å². The van der Waals surface area contributed by atoms with Crippen LogP contribution in [0.1, 0.15) is 34.5 Å². The summed E-state index contributed by atoms with van der Waals surface area (Å²) in [5, 5.41) is 2.96. The molecular weight excluding hydrogens is 250 g/mol. The Bertz CT molecular complexity index is 645. The van der Waals surface area contributed by atoms with Crippen LogP contribution in [0.25, 0.3) is 11.4 Å². The van der Waals surface area contributed by atoms with Crippen molar-refractivity contribution in [1.29, 1.82) is 0 Å². The monoisotopic (exact) mass is 267 g/mol. The molecule has 1 fully saturated rings. The van der Waals surface area contributed by atoms with Gasteiger partial charge in [0.05, 0.1) is 11.3 Å². The van der Waals surface area contributed by atoms with Crippen molar-refractivity contribution in [1.82, 2.24) is 15.3 Å². The lowest BCUT2D eigenvalue weighted by Crippen LogP contribution is -2.26. The topological polar surface area (TPSA) is 54.9 Å². The van der Waals surface area contributed by atoms with Crippen molar-refractivity contribution in [2.24, 2.45) is 0 Å². The summed E-state index contributed by atoms with van der Waals surface area (Å²) in [5.74, 6) is 0.589. The van der Waals surface area contributed by atoms with Crippen molar-refractivity contribution >= 4 is 5.91 Å². The summed E-state index contributed by atoms with van der Waals surface area (Å²) in [5.41, 5.74) is 3.44. The van der Waals surface area contributed by atoms with Crippen LogP contribution in [0.5, 0.6) is 0 Å². The number of hydrogen-bond donors (Lipinski definition) is 1. The van der Waals surface area contributed by atoms with Crippen molar-refractivity contribution in [3.8, 4) is 11.4 Å². The molecule has 0 saturated heterocycles. The van der Waals surface area contributed by atoms with Crippen LogP contribution in [0.4, 0.5) is 0 Å². The van der Waals surface area contributed by atoms with E-state index in [1.165, 1.54) is 5.56 Å². The van der Waals surface area contributed by atoms with Gasteiger partial charge in [-0.1, -0.05) is 29.8 Å². The van der Waals surface area contributed by atoms with Crippen LogP contribution in [0, 0.1) is 13.8 Å². The van der Waals surface area contributed by atoms with Crippen LogP contribution >= 0.6 is 0 Å². The van der Waals surface area contributed by atoms with E-state index in [1.54, 1.807) is 6.20 Å². The molecule has 2 aromatic rings. The van der Waals surface area contributed by atoms with E-state index in [0.717, 1.165) is 18.4 Å². The quantitative estimate of drug-likeness (QED) is 0.930. The Morgan fingerprint density at radius 2 is 1.90 bits per heavy atom. The zero-order valence-electron chi connectivity index (χ0n) is 11.7. The first-order chi connectivity index (χ1) is 9.63. The second-order valence-corrected chi connectivity index (χ2v) is 5.31. The van der Waals surface area contributed by atoms with E-state index in [0.29, 0.717) is 23.1 Å². The van der Waals surface area contributed by atoms with Gasteiger partial charge in [0.15, 0.2) is 5.82 Å². The molecule has 0 unspecified atom stereocenters. The number of rotatable bonds is 3. The van der Waals surface area contributed by atoms with Crippen LogP contribution in [0.2, 0.25) is 0 Å². The summed E-state index contributed by atoms with van der Waals surface area (Å²) in [4.78, 5) is 20.8. The Morgan fingerprint density at radius 1 is 1.20 bits per heavy atom.